The standard InChI is InChI=1S/C15H16F3N5O2/c1-25-13-8-11(20-14(21-13)15(16,17)18)23-6-4-22(5-7-23)10-2-3-12(24)19-9-10/h2-3,8-9H,4-7H2,1H3,(H,19,24). The van der Waals surface area contributed by atoms with E-state index in [0.29, 0.717) is 26.2 Å². The molecule has 3 rings (SSSR count). The third-order valence-electron chi connectivity index (χ3n) is 3.89. The van der Waals surface area contributed by atoms with Gasteiger partial charge in [-0.15, -0.1) is 0 Å². The van der Waals surface area contributed by atoms with Crippen LogP contribution in [0.15, 0.2) is 29.2 Å². The number of aromatic amines is 1. The summed E-state index contributed by atoms with van der Waals surface area (Å²) in [6, 6.07) is 4.54. The van der Waals surface area contributed by atoms with Crippen LogP contribution < -0.4 is 20.1 Å². The zero-order valence-corrected chi connectivity index (χ0v) is 13.4. The van der Waals surface area contributed by atoms with Crippen molar-refractivity contribution in [3.05, 3.63) is 40.6 Å². The smallest absolute Gasteiger partial charge is 0.451 e. The number of rotatable bonds is 3. The lowest BCUT2D eigenvalue weighted by Gasteiger charge is -2.36. The van der Waals surface area contributed by atoms with Gasteiger partial charge in [-0.05, 0) is 6.07 Å². The summed E-state index contributed by atoms with van der Waals surface area (Å²) in [5, 5.41) is 0. The number of pyridine rings is 1. The molecule has 0 radical (unpaired) electrons. The second kappa shape index (κ2) is 6.61. The predicted molar refractivity (Wildman–Crippen MR) is 85.1 cm³/mol. The summed E-state index contributed by atoms with van der Waals surface area (Å²) in [5.41, 5.74) is 0.672. The Kier molecular flexibility index (Phi) is 4.51. The van der Waals surface area contributed by atoms with Crippen molar-refractivity contribution < 1.29 is 17.9 Å². The fourth-order valence-electron chi connectivity index (χ4n) is 2.60. The van der Waals surface area contributed by atoms with Gasteiger partial charge in [0.1, 0.15) is 5.82 Å². The molecule has 1 N–H and O–H groups in total. The zero-order chi connectivity index (χ0) is 18.0. The summed E-state index contributed by atoms with van der Waals surface area (Å²) in [7, 11) is 1.26. The molecule has 1 fully saturated rings. The van der Waals surface area contributed by atoms with E-state index >= 15 is 0 Å². The molecule has 25 heavy (non-hydrogen) atoms. The first kappa shape index (κ1) is 17.1. The van der Waals surface area contributed by atoms with Gasteiger partial charge in [0, 0.05) is 44.5 Å². The number of nitrogens with one attached hydrogen (secondary N) is 1. The number of methoxy groups -OCH3 is 1. The molecule has 1 saturated heterocycles. The average Bonchev–Trinajstić information content (AvgIpc) is 2.61. The molecule has 134 valence electrons. The maximum Gasteiger partial charge on any atom is 0.451 e. The Morgan fingerprint density at radius 3 is 2.36 bits per heavy atom. The SMILES string of the molecule is COc1cc(N2CCN(c3ccc(=O)[nH]c3)CC2)nc(C(F)(F)F)n1. The molecule has 0 saturated carbocycles. The van der Waals surface area contributed by atoms with Gasteiger partial charge in [0.25, 0.3) is 0 Å². The summed E-state index contributed by atoms with van der Waals surface area (Å²) in [4.78, 5) is 24.5. The van der Waals surface area contributed by atoms with E-state index < -0.39 is 12.0 Å². The second-order valence-corrected chi connectivity index (χ2v) is 5.48. The lowest BCUT2D eigenvalue weighted by Crippen LogP contribution is -2.47. The minimum absolute atomic E-state index is 0.125. The van der Waals surface area contributed by atoms with E-state index in [9.17, 15) is 18.0 Å². The number of piperazine rings is 1. The molecule has 10 heteroatoms. The van der Waals surface area contributed by atoms with Crippen LogP contribution in [0, 0.1) is 0 Å². The molecule has 0 amide bonds. The third-order valence-corrected chi connectivity index (χ3v) is 3.89. The molecule has 2 aromatic heterocycles. The number of hydrogen-bond acceptors (Lipinski definition) is 6. The Bertz CT molecular complexity index is 780. The van der Waals surface area contributed by atoms with Crippen molar-refractivity contribution in [3.8, 4) is 5.88 Å². The van der Waals surface area contributed by atoms with E-state index in [1.807, 2.05) is 4.90 Å². The van der Waals surface area contributed by atoms with Crippen molar-refractivity contribution in [3.63, 3.8) is 0 Å². The molecule has 1 aliphatic heterocycles. The highest BCUT2D eigenvalue weighted by molar-refractivity contribution is 5.48. The number of H-pyrrole nitrogens is 1. The van der Waals surface area contributed by atoms with Crippen LogP contribution in [0.3, 0.4) is 0 Å². The van der Waals surface area contributed by atoms with Gasteiger partial charge in [-0.25, -0.2) is 4.98 Å². The van der Waals surface area contributed by atoms with Crippen molar-refractivity contribution in [1.82, 2.24) is 15.0 Å². The van der Waals surface area contributed by atoms with Crippen molar-refractivity contribution in [2.75, 3.05) is 43.1 Å². The summed E-state index contributed by atoms with van der Waals surface area (Å²) in [6.45, 7) is 2.13. The molecule has 0 aromatic carbocycles. The van der Waals surface area contributed by atoms with Gasteiger partial charge in [0.05, 0.1) is 12.8 Å². The molecular weight excluding hydrogens is 339 g/mol. The lowest BCUT2D eigenvalue weighted by molar-refractivity contribution is -0.145. The molecule has 0 atom stereocenters. The Morgan fingerprint density at radius 2 is 1.80 bits per heavy atom. The fourth-order valence-corrected chi connectivity index (χ4v) is 2.60. The van der Waals surface area contributed by atoms with E-state index in [1.165, 1.54) is 19.2 Å². The van der Waals surface area contributed by atoms with Crippen LogP contribution >= 0.6 is 0 Å². The molecule has 7 nitrogen and oxygen atoms in total. The van der Waals surface area contributed by atoms with Gasteiger partial charge in [-0.1, -0.05) is 0 Å². The average molecular weight is 355 g/mol. The molecule has 0 aliphatic carbocycles. The minimum Gasteiger partial charge on any atom is -0.481 e. The van der Waals surface area contributed by atoms with Crippen LogP contribution in [0.1, 0.15) is 5.82 Å². The Balaban J connectivity index is 1.76. The van der Waals surface area contributed by atoms with Gasteiger partial charge in [-0.2, -0.15) is 18.2 Å². The number of halogens is 3. The first-order chi connectivity index (χ1) is 11.9. The maximum atomic E-state index is 12.9. The monoisotopic (exact) mass is 355 g/mol. The van der Waals surface area contributed by atoms with Crippen LogP contribution in [0.25, 0.3) is 0 Å². The van der Waals surface area contributed by atoms with E-state index in [2.05, 4.69) is 15.0 Å². The maximum absolute atomic E-state index is 12.9. The highest BCUT2D eigenvalue weighted by Crippen LogP contribution is 2.30. The van der Waals surface area contributed by atoms with Crippen LogP contribution in [-0.4, -0.2) is 48.2 Å². The van der Waals surface area contributed by atoms with Gasteiger partial charge < -0.3 is 19.5 Å². The molecule has 1 aliphatic rings. The fraction of sp³-hybridized carbons (Fsp3) is 0.400. The molecule has 0 unspecified atom stereocenters. The first-order valence-corrected chi connectivity index (χ1v) is 7.56. The summed E-state index contributed by atoms with van der Waals surface area (Å²) in [5.74, 6) is -1.16. The Labute approximate surface area is 141 Å². The van der Waals surface area contributed by atoms with Gasteiger partial charge in [0.2, 0.25) is 17.3 Å². The number of aromatic nitrogens is 3. The normalized spacial score (nSPS) is 15.4. The number of anilines is 2. The van der Waals surface area contributed by atoms with Gasteiger partial charge >= 0.3 is 6.18 Å². The largest absolute Gasteiger partial charge is 0.481 e. The first-order valence-electron chi connectivity index (χ1n) is 7.56. The van der Waals surface area contributed by atoms with Crippen molar-refractivity contribution >= 4 is 11.5 Å². The van der Waals surface area contributed by atoms with Crippen LogP contribution in [0.4, 0.5) is 24.7 Å². The summed E-state index contributed by atoms with van der Waals surface area (Å²) in [6.07, 6.45) is -3.02. The van der Waals surface area contributed by atoms with Crippen molar-refractivity contribution in [2.45, 2.75) is 6.18 Å². The van der Waals surface area contributed by atoms with Gasteiger partial charge in [-0.3, -0.25) is 4.79 Å². The van der Waals surface area contributed by atoms with Crippen LogP contribution in [-0.2, 0) is 6.18 Å². The highest BCUT2D eigenvalue weighted by Gasteiger charge is 2.36. The second-order valence-electron chi connectivity index (χ2n) is 5.48. The van der Waals surface area contributed by atoms with Crippen LogP contribution in [0.2, 0.25) is 0 Å². The molecule has 0 spiro atoms. The number of nitrogens with zero attached hydrogens (tertiary/aromatic N) is 4. The summed E-state index contributed by atoms with van der Waals surface area (Å²) >= 11 is 0. The predicted octanol–water partition coefficient (Wildman–Crippen LogP) is 1.52. The Morgan fingerprint density at radius 1 is 1.12 bits per heavy atom. The third kappa shape index (κ3) is 3.83. The minimum atomic E-state index is -4.64. The summed E-state index contributed by atoms with van der Waals surface area (Å²) < 4.78 is 43.7. The topological polar surface area (TPSA) is 74.3 Å². The quantitative estimate of drug-likeness (QED) is 0.900. The molecule has 0 bridgehead atoms. The molecular formula is C15H16F3N5O2. The van der Waals surface area contributed by atoms with E-state index in [0.717, 1.165) is 5.69 Å². The number of hydrogen-bond donors (Lipinski definition) is 1. The zero-order valence-electron chi connectivity index (χ0n) is 13.4. The molecule has 2 aromatic rings. The Hall–Kier alpha value is -2.78. The molecule has 3 heterocycles. The van der Waals surface area contributed by atoms with E-state index in [1.54, 1.807) is 17.2 Å². The van der Waals surface area contributed by atoms with Crippen molar-refractivity contribution in [2.24, 2.45) is 0 Å². The van der Waals surface area contributed by atoms with Crippen LogP contribution in [0.5, 0.6) is 5.88 Å². The number of alkyl halides is 3. The highest BCUT2D eigenvalue weighted by atomic mass is 19.4. The lowest BCUT2D eigenvalue weighted by atomic mass is 10.2. The number of ether oxygens (including phenoxy) is 1. The van der Waals surface area contributed by atoms with Crippen molar-refractivity contribution in [1.29, 1.82) is 0 Å². The van der Waals surface area contributed by atoms with E-state index in [4.69, 9.17) is 4.74 Å². The van der Waals surface area contributed by atoms with Gasteiger partial charge in [0.15, 0.2) is 0 Å². The van der Waals surface area contributed by atoms with E-state index in [-0.39, 0.29) is 17.3 Å².